The molecule has 0 radical (unpaired) electrons. The van der Waals surface area contributed by atoms with E-state index >= 15 is 0 Å². The molecule has 3 rings (SSSR count). The van der Waals surface area contributed by atoms with Gasteiger partial charge in [0.2, 0.25) is 0 Å². The number of aryl methyl sites for hydroxylation is 1. The molecular weight excluding hydrogens is 380 g/mol. The van der Waals surface area contributed by atoms with Crippen LogP contribution in [0.1, 0.15) is 5.56 Å². The van der Waals surface area contributed by atoms with Crippen molar-refractivity contribution in [3.05, 3.63) is 63.5 Å². The first-order chi connectivity index (χ1) is 11.1. The van der Waals surface area contributed by atoms with E-state index in [9.17, 15) is 4.79 Å². The van der Waals surface area contributed by atoms with E-state index in [1.54, 1.807) is 18.2 Å². The largest absolute Gasteiger partial charge is 0.493 e. The fourth-order valence-electron chi connectivity index (χ4n) is 2.53. The van der Waals surface area contributed by atoms with Gasteiger partial charge in [0, 0.05) is 21.8 Å². The maximum atomic E-state index is 12.4. The lowest BCUT2D eigenvalue weighted by Crippen LogP contribution is -2.06. The van der Waals surface area contributed by atoms with Crippen LogP contribution in [0.15, 0.2) is 51.7 Å². The summed E-state index contributed by atoms with van der Waals surface area (Å²) in [4.78, 5) is 12.4. The lowest BCUT2D eigenvalue weighted by Gasteiger charge is -2.10. The van der Waals surface area contributed by atoms with Gasteiger partial charge in [-0.2, -0.15) is 0 Å². The van der Waals surface area contributed by atoms with Gasteiger partial charge in [0.25, 0.3) is 0 Å². The summed E-state index contributed by atoms with van der Waals surface area (Å²) >= 11 is 9.23. The third-order valence-corrected chi connectivity index (χ3v) is 4.19. The number of ether oxygens (including phenoxy) is 1. The molecular formula is C18H14BrClO3. The zero-order chi connectivity index (χ0) is 16.4. The Hall–Kier alpha value is -1.78. The third kappa shape index (κ3) is 3.28. The summed E-state index contributed by atoms with van der Waals surface area (Å²) in [5.41, 5.74) is 2.39. The number of hydrogen-bond donors (Lipinski definition) is 0. The third-order valence-electron chi connectivity index (χ3n) is 3.62. The van der Waals surface area contributed by atoms with Crippen molar-refractivity contribution < 1.29 is 9.15 Å². The minimum Gasteiger partial charge on any atom is -0.493 e. The molecule has 1 aromatic heterocycles. The van der Waals surface area contributed by atoms with E-state index in [4.69, 9.17) is 20.8 Å². The quantitative estimate of drug-likeness (QED) is 0.452. The van der Waals surface area contributed by atoms with E-state index in [0.29, 0.717) is 28.5 Å². The summed E-state index contributed by atoms with van der Waals surface area (Å²) in [5.74, 6) is 0.679. The minimum absolute atomic E-state index is 0.366. The standard InChI is InChI=1S/C18H14BrClO3/c1-11-15-7-6-14(22-9-8-19)10-16(15)23-18(21)17(11)12-2-4-13(20)5-3-12/h2-7,10H,8-9H2,1H3. The number of hydrogen-bond acceptors (Lipinski definition) is 3. The number of rotatable bonds is 4. The molecule has 3 aromatic rings. The van der Waals surface area contributed by atoms with Gasteiger partial charge in [-0.25, -0.2) is 4.79 Å². The molecule has 5 heteroatoms. The molecule has 3 nitrogen and oxygen atoms in total. The predicted octanol–water partition coefficient (Wildman–Crippen LogP) is 5.20. The van der Waals surface area contributed by atoms with E-state index in [1.165, 1.54) is 0 Å². The second kappa shape index (κ2) is 6.77. The Bertz CT molecular complexity index is 901. The maximum Gasteiger partial charge on any atom is 0.344 e. The fraction of sp³-hybridized carbons (Fsp3) is 0.167. The summed E-state index contributed by atoms with van der Waals surface area (Å²) in [5, 5.41) is 2.26. The van der Waals surface area contributed by atoms with Crippen LogP contribution in [0, 0.1) is 6.92 Å². The van der Waals surface area contributed by atoms with Gasteiger partial charge >= 0.3 is 5.63 Å². The van der Waals surface area contributed by atoms with Crippen LogP contribution in [0.25, 0.3) is 22.1 Å². The molecule has 0 saturated heterocycles. The van der Waals surface area contributed by atoms with Gasteiger partial charge in [0.1, 0.15) is 11.3 Å². The van der Waals surface area contributed by atoms with Crippen molar-refractivity contribution in [3.8, 4) is 16.9 Å². The molecule has 0 atom stereocenters. The summed E-state index contributed by atoms with van der Waals surface area (Å²) in [6, 6.07) is 12.7. The molecule has 0 aliphatic heterocycles. The molecule has 0 bridgehead atoms. The summed E-state index contributed by atoms with van der Waals surface area (Å²) in [7, 11) is 0. The van der Waals surface area contributed by atoms with Crippen LogP contribution in [0.2, 0.25) is 5.02 Å². The van der Waals surface area contributed by atoms with Gasteiger partial charge in [-0.3, -0.25) is 0 Å². The first-order valence-corrected chi connectivity index (χ1v) is 8.62. The molecule has 0 aliphatic carbocycles. The van der Waals surface area contributed by atoms with Gasteiger partial charge in [0.05, 0.1) is 12.2 Å². The van der Waals surface area contributed by atoms with Crippen LogP contribution in [0.3, 0.4) is 0 Å². The van der Waals surface area contributed by atoms with Gasteiger partial charge in [-0.05, 0) is 42.3 Å². The van der Waals surface area contributed by atoms with Crippen molar-refractivity contribution in [2.24, 2.45) is 0 Å². The van der Waals surface area contributed by atoms with Gasteiger partial charge < -0.3 is 9.15 Å². The van der Waals surface area contributed by atoms with E-state index in [2.05, 4.69) is 15.9 Å². The molecule has 0 unspecified atom stereocenters. The Morgan fingerprint density at radius 1 is 1.17 bits per heavy atom. The lowest BCUT2D eigenvalue weighted by molar-refractivity contribution is 0.345. The van der Waals surface area contributed by atoms with Crippen LogP contribution in [-0.4, -0.2) is 11.9 Å². The average Bonchev–Trinajstić information content (AvgIpc) is 2.54. The predicted molar refractivity (Wildman–Crippen MR) is 97.0 cm³/mol. The molecule has 0 N–H and O–H groups in total. The first-order valence-electron chi connectivity index (χ1n) is 7.12. The maximum absolute atomic E-state index is 12.4. The lowest BCUT2D eigenvalue weighted by atomic mass is 10.00. The zero-order valence-corrected chi connectivity index (χ0v) is 14.8. The van der Waals surface area contributed by atoms with Crippen LogP contribution in [0.4, 0.5) is 0 Å². The summed E-state index contributed by atoms with van der Waals surface area (Å²) in [6.45, 7) is 2.47. The highest BCUT2D eigenvalue weighted by Crippen LogP contribution is 2.29. The highest BCUT2D eigenvalue weighted by atomic mass is 79.9. The smallest absolute Gasteiger partial charge is 0.344 e. The van der Waals surface area contributed by atoms with Gasteiger partial charge in [-0.1, -0.05) is 39.7 Å². The summed E-state index contributed by atoms with van der Waals surface area (Å²) in [6.07, 6.45) is 0. The Kier molecular flexibility index (Phi) is 4.74. The average molecular weight is 394 g/mol. The van der Waals surface area contributed by atoms with Crippen LogP contribution in [-0.2, 0) is 0 Å². The van der Waals surface area contributed by atoms with E-state index < -0.39 is 0 Å². The molecule has 0 amide bonds. The fourth-order valence-corrected chi connectivity index (χ4v) is 2.82. The molecule has 0 aliphatic rings. The number of benzene rings is 2. The van der Waals surface area contributed by atoms with E-state index in [-0.39, 0.29) is 5.63 Å². The van der Waals surface area contributed by atoms with Crippen molar-refractivity contribution in [2.75, 3.05) is 11.9 Å². The summed E-state index contributed by atoms with van der Waals surface area (Å²) < 4.78 is 11.0. The molecule has 0 saturated carbocycles. The van der Waals surface area contributed by atoms with E-state index in [1.807, 2.05) is 31.2 Å². The van der Waals surface area contributed by atoms with Crippen molar-refractivity contribution in [1.29, 1.82) is 0 Å². The molecule has 0 fully saturated rings. The van der Waals surface area contributed by atoms with Crippen molar-refractivity contribution in [1.82, 2.24) is 0 Å². The molecule has 118 valence electrons. The topological polar surface area (TPSA) is 39.4 Å². The number of halogens is 2. The molecule has 0 spiro atoms. The highest BCUT2D eigenvalue weighted by Gasteiger charge is 2.14. The zero-order valence-electron chi connectivity index (χ0n) is 12.4. The SMILES string of the molecule is Cc1c(-c2ccc(Cl)cc2)c(=O)oc2cc(OCCBr)ccc12. The van der Waals surface area contributed by atoms with Crippen molar-refractivity contribution in [3.63, 3.8) is 0 Å². The normalized spacial score (nSPS) is 10.9. The van der Waals surface area contributed by atoms with Crippen LogP contribution in [0.5, 0.6) is 5.75 Å². The first kappa shape index (κ1) is 16.1. The minimum atomic E-state index is -0.366. The van der Waals surface area contributed by atoms with Crippen molar-refractivity contribution in [2.45, 2.75) is 6.92 Å². The monoisotopic (exact) mass is 392 g/mol. The second-order valence-electron chi connectivity index (χ2n) is 5.09. The molecule has 23 heavy (non-hydrogen) atoms. The molecule has 1 heterocycles. The Labute approximate surface area is 147 Å². The van der Waals surface area contributed by atoms with Crippen LogP contribution >= 0.6 is 27.5 Å². The number of alkyl halides is 1. The Morgan fingerprint density at radius 2 is 1.91 bits per heavy atom. The molecule has 2 aromatic carbocycles. The Morgan fingerprint density at radius 3 is 2.61 bits per heavy atom. The van der Waals surface area contributed by atoms with Crippen molar-refractivity contribution >= 4 is 38.5 Å². The van der Waals surface area contributed by atoms with Crippen LogP contribution < -0.4 is 10.4 Å². The Balaban J connectivity index is 2.14. The number of fused-ring (bicyclic) bond motifs is 1. The highest BCUT2D eigenvalue weighted by molar-refractivity contribution is 9.09. The second-order valence-corrected chi connectivity index (χ2v) is 6.32. The van der Waals surface area contributed by atoms with Gasteiger partial charge in [-0.15, -0.1) is 0 Å². The van der Waals surface area contributed by atoms with E-state index in [0.717, 1.165) is 21.8 Å². The van der Waals surface area contributed by atoms with Gasteiger partial charge in [0.15, 0.2) is 0 Å².